The monoisotopic (exact) mass is 266 g/mol. The van der Waals surface area contributed by atoms with Gasteiger partial charge >= 0.3 is 0 Å². The molecular formula is C13H22N4O2. The lowest BCUT2D eigenvalue weighted by molar-refractivity contribution is 0.0754. The minimum atomic E-state index is -0.0652. The smallest absolute Gasteiger partial charge is 0.254 e. The second-order valence-corrected chi connectivity index (χ2v) is 4.19. The maximum absolute atomic E-state index is 12.4. The van der Waals surface area contributed by atoms with E-state index in [4.69, 9.17) is 10.9 Å². The number of hydrogen-bond donors (Lipinski definition) is 3. The van der Waals surface area contributed by atoms with Crippen molar-refractivity contribution in [1.82, 2.24) is 9.88 Å². The molecule has 0 saturated carbocycles. The summed E-state index contributed by atoms with van der Waals surface area (Å²) in [6.45, 7) is 5.12. The van der Waals surface area contributed by atoms with Crippen molar-refractivity contribution in [1.29, 1.82) is 0 Å². The van der Waals surface area contributed by atoms with E-state index in [1.165, 1.54) is 0 Å². The fraction of sp³-hybridized carbons (Fsp3) is 0.538. The van der Waals surface area contributed by atoms with Gasteiger partial charge in [-0.15, -0.1) is 0 Å². The van der Waals surface area contributed by atoms with Crippen LogP contribution in [0.25, 0.3) is 0 Å². The first-order valence-electron chi connectivity index (χ1n) is 6.53. The molecule has 0 aliphatic carbocycles. The number of carbonyl (C=O) groups excluding carboxylic acids is 1. The van der Waals surface area contributed by atoms with Crippen LogP contribution in [-0.2, 0) is 6.42 Å². The normalized spacial score (nSPS) is 10.3. The van der Waals surface area contributed by atoms with Gasteiger partial charge in [-0.3, -0.25) is 4.79 Å². The number of rotatable bonds is 7. The van der Waals surface area contributed by atoms with Crippen LogP contribution in [0.4, 0.5) is 5.82 Å². The SMILES string of the molecule is CCc1cc(C(=O)N(CC)CCCO)cc(NN)n1. The summed E-state index contributed by atoms with van der Waals surface area (Å²) in [5, 5.41) is 8.85. The van der Waals surface area contributed by atoms with Crippen LogP contribution in [0.15, 0.2) is 12.1 Å². The lowest BCUT2D eigenvalue weighted by Gasteiger charge is -2.21. The minimum absolute atomic E-state index is 0.0652. The van der Waals surface area contributed by atoms with Crippen molar-refractivity contribution in [2.75, 3.05) is 25.1 Å². The molecule has 106 valence electrons. The number of nitrogens with one attached hydrogen (secondary N) is 1. The van der Waals surface area contributed by atoms with E-state index in [1.807, 2.05) is 13.8 Å². The standard InChI is InChI=1S/C13H22N4O2/c1-3-11-8-10(9-12(15-11)16-14)13(19)17(4-2)6-5-7-18/h8-9,18H,3-7,14H2,1-2H3,(H,15,16). The second-order valence-electron chi connectivity index (χ2n) is 4.19. The van der Waals surface area contributed by atoms with Gasteiger partial charge in [0.25, 0.3) is 5.91 Å². The number of aliphatic hydroxyl groups excluding tert-OH is 1. The minimum Gasteiger partial charge on any atom is -0.396 e. The third kappa shape index (κ3) is 4.18. The molecule has 19 heavy (non-hydrogen) atoms. The van der Waals surface area contributed by atoms with E-state index >= 15 is 0 Å². The summed E-state index contributed by atoms with van der Waals surface area (Å²) in [4.78, 5) is 18.3. The molecule has 0 radical (unpaired) electrons. The number of nitrogens with two attached hydrogens (primary N) is 1. The van der Waals surface area contributed by atoms with Gasteiger partial charge in [0.05, 0.1) is 0 Å². The third-order valence-electron chi connectivity index (χ3n) is 2.89. The van der Waals surface area contributed by atoms with Gasteiger partial charge in [0, 0.05) is 31.0 Å². The van der Waals surface area contributed by atoms with Crippen molar-refractivity contribution in [3.63, 3.8) is 0 Å². The zero-order valence-electron chi connectivity index (χ0n) is 11.5. The Bertz CT molecular complexity index is 401. The van der Waals surface area contributed by atoms with E-state index in [9.17, 15) is 4.79 Å². The summed E-state index contributed by atoms with van der Waals surface area (Å²) >= 11 is 0. The van der Waals surface area contributed by atoms with Gasteiger partial charge < -0.3 is 15.4 Å². The molecule has 0 bridgehead atoms. The number of hydrazine groups is 1. The number of aryl methyl sites for hydroxylation is 1. The maximum Gasteiger partial charge on any atom is 0.254 e. The molecular weight excluding hydrogens is 244 g/mol. The van der Waals surface area contributed by atoms with Gasteiger partial charge in [-0.05, 0) is 31.9 Å². The molecule has 0 atom stereocenters. The number of amides is 1. The molecule has 0 aliphatic heterocycles. The number of pyridine rings is 1. The van der Waals surface area contributed by atoms with Crippen molar-refractivity contribution in [3.8, 4) is 0 Å². The molecule has 1 aromatic rings. The largest absolute Gasteiger partial charge is 0.396 e. The van der Waals surface area contributed by atoms with Gasteiger partial charge in [-0.1, -0.05) is 6.92 Å². The molecule has 4 N–H and O–H groups in total. The average Bonchev–Trinajstić information content (AvgIpc) is 2.47. The van der Waals surface area contributed by atoms with Gasteiger partial charge in [-0.2, -0.15) is 0 Å². The highest BCUT2D eigenvalue weighted by Gasteiger charge is 2.15. The highest BCUT2D eigenvalue weighted by atomic mass is 16.3. The van der Waals surface area contributed by atoms with E-state index in [1.54, 1.807) is 17.0 Å². The molecule has 1 aromatic heterocycles. The molecule has 1 rings (SSSR count). The number of anilines is 1. The van der Waals surface area contributed by atoms with Gasteiger partial charge in [0.2, 0.25) is 0 Å². The van der Waals surface area contributed by atoms with E-state index < -0.39 is 0 Å². The van der Waals surface area contributed by atoms with Gasteiger partial charge in [0.15, 0.2) is 0 Å². The Balaban J connectivity index is 2.96. The van der Waals surface area contributed by atoms with Crippen LogP contribution in [0.1, 0.15) is 36.3 Å². The van der Waals surface area contributed by atoms with Crippen molar-refractivity contribution in [2.24, 2.45) is 5.84 Å². The summed E-state index contributed by atoms with van der Waals surface area (Å²) < 4.78 is 0. The number of nitrogens with zero attached hydrogens (tertiary/aromatic N) is 2. The van der Waals surface area contributed by atoms with Crippen LogP contribution in [0.3, 0.4) is 0 Å². The molecule has 0 fully saturated rings. The summed E-state index contributed by atoms with van der Waals surface area (Å²) in [5.74, 6) is 5.78. The first-order chi connectivity index (χ1) is 9.15. The quantitative estimate of drug-likeness (QED) is 0.501. The zero-order valence-corrected chi connectivity index (χ0v) is 11.5. The third-order valence-corrected chi connectivity index (χ3v) is 2.89. The Labute approximate surface area is 113 Å². The molecule has 0 spiro atoms. The molecule has 1 amide bonds. The predicted octanol–water partition coefficient (Wildman–Crippen LogP) is 0.774. The van der Waals surface area contributed by atoms with Crippen LogP contribution in [0.2, 0.25) is 0 Å². The first kappa shape index (κ1) is 15.4. The zero-order chi connectivity index (χ0) is 14.3. The lowest BCUT2D eigenvalue weighted by atomic mass is 10.1. The van der Waals surface area contributed by atoms with E-state index in [-0.39, 0.29) is 12.5 Å². The van der Waals surface area contributed by atoms with Crippen LogP contribution in [0, 0.1) is 0 Å². The van der Waals surface area contributed by atoms with E-state index in [0.717, 1.165) is 12.1 Å². The van der Waals surface area contributed by atoms with Crippen LogP contribution in [0.5, 0.6) is 0 Å². The Kier molecular flexibility index (Phi) is 6.24. The van der Waals surface area contributed by atoms with Crippen LogP contribution in [-0.4, -0.2) is 40.6 Å². The fourth-order valence-corrected chi connectivity index (χ4v) is 1.81. The Hall–Kier alpha value is -1.66. The van der Waals surface area contributed by atoms with Crippen molar-refractivity contribution < 1.29 is 9.90 Å². The fourth-order valence-electron chi connectivity index (χ4n) is 1.81. The van der Waals surface area contributed by atoms with E-state index in [2.05, 4.69) is 10.4 Å². The lowest BCUT2D eigenvalue weighted by Crippen LogP contribution is -2.32. The predicted molar refractivity (Wildman–Crippen MR) is 74.7 cm³/mol. The number of hydrogen-bond acceptors (Lipinski definition) is 5. The van der Waals surface area contributed by atoms with Crippen molar-refractivity contribution in [2.45, 2.75) is 26.7 Å². The van der Waals surface area contributed by atoms with Crippen LogP contribution >= 0.6 is 0 Å². The number of carbonyl (C=O) groups is 1. The van der Waals surface area contributed by atoms with Crippen molar-refractivity contribution >= 4 is 11.7 Å². The maximum atomic E-state index is 12.4. The first-order valence-corrected chi connectivity index (χ1v) is 6.53. The molecule has 0 aromatic carbocycles. The highest BCUT2D eigenvalue weighted by Crippen LogP contribution is 2.13. The topological polar surface area (TPSA) is 91.5 Å². The molecule has 6 nitrogen and oxygen atoms in total. The van der Waals surface area contributed by atoms with Crippen molar-refractivity contribution in [3.05, 3.63) is 23.4 Å². The van der Waals surface area contributed by atoms with E-state index in [0.29, 0.717) is 30.9 Å². The Morgan fingerprint density at radius 1 is 1.47 bits per heavy atom. The molecule has 1 heterocycles. The Morgan fingerprint density at radius 2 is 2.21 bits per heavy atom. The van der Waals surface area contributed by atoms with Gasteiger partial charge in [-0.25, -0.2) is 10.8 Å². The summed E-state index contributed by atoms with van der Waals surface area (Å²) in [7, 11) is 0. The van der Waals surface area contributed by atoms with Crippen LogP contribution < -0.4 is 11.3 Å². The summed E-state index contributed by atoms with van der Waals surface area (Å²) in [6.07, 6.45) is 1.31. The molecule has 6 heteroatoms. The second kappa shape index (κ2) is 7.70. The molecule has 0 unspecified atom stereocenters. The Morgan fingerprint density at radius 3 is 2.74 bits per heavy atom. The summed E-state index contributed by atoms with van der Waals surface area (Å²) in [6, 6.07) is 3.42. The number of aromatic nitrogens is 1. The number of aliphatic hydroxyl groups is 1. The number of nitrogen functional groups attached to an aromatic ring is 1. The molecule has 0 saturated heterocycles. The highest BCUT2D eigenvalue weighted by molar-refractivity contribution is 5.95. The average molecular weight is 266 g/mol. The molecule has 0 aliphatic rings. The summed E-state index contributed by atoms with van der Waals surface area (Å²) in [5.41, 5.74) is 3.86. The van der Waals surface area contributed by atoms with Gasteiger partial charge in [0.1, 0.15) is 5.82 Å².